The average molecular weight is 269 g/mol. The summed E-state index contributed by atoms with van der Waals surface area (Å²) in [5.74, 6) is 0. The molecular weight excluding hydrogens is 255 g/mol. The second kappa shape index (κ2) is 5.44. The molecule has 1 aromatic carbocycles. The Bertz CT molecular complexity index is 529. The first-order valence-corrected chi connectivity index (χ1v) is 5.80. The number of aromatic nitrogens is 2. The zero-order valence-electron chi connectivity index (χ0n) is 10.4. The van der Waals surface area contributed by atoms with E-state index >= 15 is 0 Å². The fourth-order valence-corrected chi connectivity index (χ4v) is 1.81. The Morgan fingerprint density at radius 2 is 1.89 bits per heavy atom. The van der Waals surface area contributed by atoms with Crippen molar-refractivity contribution in [3.63, 3.8) is 0 Å². The Labute approximate surface area is 109 Å². The largest absolute Gasteiger partial charge is 0.416 e. The van der Waals surface area contributed by atoms with E-state index in [0.29, 0.717) is 13.1 Å². The molecular formula is C13H14F3N3. The number of alkyl halides is 3. The summed E-state index contributed by atoms with van der Waals surface area (Å²) in [6.07, 6.45) is -0.879. The van der Waals surface area contributed by atoms with Gasteiger partial charge in [0, 0.05) is 19.3 Å². The molecule has 1 heterocycles. The van der Waals surface area contributed by atoms with E-state index < -0.39 is 11.7 Å². The van der Waals surface area contributed by atoms with E-state index in [1.165, 1.54) is 12.1 Å². The predicted molar refractivity (Wildman–Crippen MR) is 65.5 cm³/mol. The van der Waals surface area contributed by atoms with E-state index in [2.05, 4.69) is 10.3 Å². The molecule has 2 aromatic rings. The van der Waals surface area contributed by atoms with Crippen LogP contribution in [0.2, 0.25) is 0 Å². The molecule has 0 bridgehead atoms. The molecule has 0 unspecified atom stereocenters. The number of imidazole rings is 1. The normalized spacial score (nSPS) is 11.8. The third-order valence-electron chi connectivity index (χ3n) is 2.79. The van der Waals surface area contributed by atoms with E-state index in [-0.39, 0.29) is 0 Å². The molecule has 3 nitrogen and oxygen atoms in total. The van der Waals surface area contributed by atoms with Crippen LogP contribution >= 0.6 is 0 Å². The summed E-state index contributed by atoms with van der Waals surface area (Å²) in [6.45, 7) is 1.18. The van der Waals surface area contributed by atoms with Gasteiger partial charge in [0.05, 0.1) is 17.6 Å². The van der Waals surface area contributed by atoms with Crippen LogP contribution in [0.25, 0.3) is 0 Å². The van der Waals surface area contributed by atoms with E-state index in [1.807, 2.05) is 11.6 Å². The van der Waals surface area contributed by atoms with Gasteiger partial charge in [-0.15, -0.1) is 0 Å². The minimum atomic E-state index is -4.29. The number of benzene rings is 1. The van der Waals surface area contributed by atoms with Crippen molar-refractivity contribution >= 4 is 0 Å². The average Bonchev–Trinajstić information content (AvgIpc) is 2.77. The number of hydrogen-bond donors (Lipinski definition) is 1. The second-order valence-corrected chi connectivity index (χ2v) is 4.24. The maximum absolute atomic E-state index is 12.4. The molecule has 19 heavy (non-hydrogen) atoms. The highest BCUT2D eigenvalue weighted by atomic mass is 19.4. The van der Waals surface area contributed by atoms with Gasteiger partial charge in [-0.3, -0.25) is 0 Å². The van der Waals surface area contributed by atoms with Crippen molar-refractivity contribution in [1.29, 1.82) is 0 Å². The van der Waals surface area contributed by atoms with Crippen molar-refractivity contribution in [2.24, 2.45) is 0 Å². The standard InChI is InChI=1S/C13H14F3N3/c1-17-6-12-7-18-9-19(12)8-10-2-4-11(5-3-10)13(14,15)16/h2-5,7,9,17H,6,8H2,1H3. The molecule has 6 heteroatoms. The van der Waals surface area contributed by atoms with Gasteiger partial charge in [-0.1, -0.05) is 12.1 Å². The molecule has 1 N–H and O–H groups in total. The van der Waals surface area contributed by atoms with Crippen LogP contribution in [0.1, 0.15) is 16.8 Å². The van der Waals surface area contributed by atoms with Crippen LogP contribution in [-0.2, 0) is 19.3 Å². The van der Waals surface area contributed by atoms with Crippen LogP contribution in [0.3, 0.4) is 0 Å². The van der Waals surface area contributed by atoms with Crippen molar-refractivity contribution < 1.29 is 13.2 Å². The van der Waals surface area contributed by atoms with E-state index in [4.69, 9.17) is 0 Å². The third kappa shape index (κ3) is 3.35. The van der Waals surface area contributed by atoms with Crippen LogP contribution < -0.4 is 5.32 Å². The summed E-state index contributed by atoms with van der Waals surface area (Å²) >= 11 is 0. The summed E-state index contributed by atoms with van der Waals surface area (Å²) in [6, 6.07) is 5.19. The summed E-state index contributed by atoms with van der Waals surface area (Å²) in [5, 5.41) is 3.02. The van der Waals surface area contributed by atoms with Gasteiger partial charge in [0.1, 0.15) is 0 Å². The molecule has 0 aliphatic rings. The molecule has 0 fully saturated rings. The number of hydrogen-bond acceptors (Lipinski definition) is 2. The van der Waals surface area contributed by atoms with Crippen molar-refractivity contribution in [3.05, 3.63) is 53.6 Å². The molecule has 0 aliphatic carbocycles. The van der Waals surface area contributed by atoms with Gasteiger partial charge in [-0.05, 0) is 24.7 Å². The zero-order chi connectivity index (χ0) is 13.9. The molecule has 0 saturated heterocycles. The molecule has 0 aliphatic heterocycles. The Kier molecular flexibility index (Phi) is 3.90. The van der Waals surface area contributed by atoms with Gasteiger partial charge in [-0.2, -0.15) is 13.2 Å². The van der Waals surface area contributed by atoms with Crippen molar-refractivity contribution in [2.45, 2.75) is 19.3 Å². The van der Waals surface area contributed by atoms with Gasteiger partial charge in [0.25, 0.3) is 0 Å². The van der Waals surface area contributed by atoms with Crippen LogP contribution in [0, 0.1) is 0 Å². The molecule has 0 radical (unpaired) electrons. The zero-order valence-corrected chi connectivity index (χ0v) is 10.4. The summed E-state index contributed by atoms with van der Waals surface area (Å²) in [4.78, 5) is 4.04. The van der Waals surface area contributed by atoms with Gasteiger partial charge >= 0.3 is 6.18 Å². The van der Waals surface area contributed by atoms with E-state index in [1.54, 1.807) is 12.5 Å². The van der Waals surface area contributed by atoms with Crippen LogP contribution in [-0.4, -0.2) is 16.6 Å². The summed E-state index contributed by atoms with van der Waals surface area (Å²) in [7, 11) is 1.83. The Morgan fingerprint density at radius 3 is 2.47 bits per heavy atom. The van der Waals surface area contributed by atoms with Gasteiger partial charge in [0.15, 0.2) is 0 Å². The highest BCUT2D eigenvalue weighted by molar-refractivity contribution is 5.25. The molecule has 0 spiro atoms. The monoisotopic (exact) mass is 269 g/mol. The van der Waals surface area contributed by atoms with Crippen LogP contribution in [0.5, 0.6) is 0 Å². The van der Waals surface area contributed by atoms with Gasteiger partial charge in [0.2, 0.25) is 0 Å². The maximum Gasteiger partial charge on any atom is 0.416 e. The minimum Gasteiger partial charge on any atom is -0.329 e. The first-order valence-electron chi connectivity index (χ1n) is 5.80. The second-order valence-electron chi connectivity index (χ2n) is 4.24. The molecule has 2 rings (SSSR count). The lowest BCUT2D eigenvalue weighted by atomic mass is 10.1. The lowest BCUT2D eigenvalue weighted by molar-refractivity contribution is -0.137. The summed E-state index contributed by atoms with van der Waals surface area (Å²) in [5.41, 5.74) is 1.17. The Hall–Kier alpha value is -1.82. The first-order chi connectivity index (χ1) is 9.00. The smallest absolute Gasteiger partial charge is 0.329 e. The third-order valence-corrected chi connectivity index (χ3v) is 2.79. The Morgan fingerprint density at radius 1 is 1.21 bits per heavy atom. The van der Waals surface area contributed by atoms with Gasteiger partial charge in [-0.25, -0.2) is 4.98 Å². The number of nitrogens with one attached hydrogen (secondary N) is 1. The van der Waals surface area contributed by atoms with Crippen molar-refractivity contribution in [1.82, 2.24) is 14.9 Å². The fraction of sp³-hybridized carbons (Fsp3) is 0.308. The highest BCUT2D eigenvalue weighted by Crippen LogP contribution is 2.29. The predicted octanol–water partition coefficient (Wildman–Crippen LogP) is 2.67. The molecule has 102 valence electrons. The molecule has 0 atom stereocenters. The number of nitrogens with zero attached hydrogens (tertiary/aromatic N) is 2. The lowest BCUT2D eigenvalue weighted by Gasteiger charge is -2.10. The van der Waals surface area contributed by atoms with Gasteiger partial charge < -0.3 is 9.88 Å². The lowest BCUT2D eigenvalue weighted by Crippen LogP contribution is -2.11. The fourth-order valence-electron chi connectivity index (χ4n) is 1.81. The highest BCUT2D eigenvalue weighted by Gasteiger charge is 2.29. The minimum absolute atomic E-state index is 0.509. The van der Waals surface area contributed by atoms with Crippen molar-refractivity contribution in [3.8, 4) is 0 Å². The number of rotatable bonds is 4. The van der Waals surface area contributed by atoms with Crippen molar-refractivity contribution in [2.75, 3.05) is 7.05 Å². The first kappa shape index (κ1) is 13.6. The quantitative estimate of drug-likeness (QED) is 0.924. The topological polar surface area (TPSA) is 29.9 Å². The Balaban J connectivity index is 2.13. The summed E-state index contributed by atoms with van der Waals surface area (Å²) < 4.78 is 39.2. The maximum atomic E-state index is 12.4. The molecule has 0 amide bonds. The molecule has 0 saturated carbocycles. The number of halogens is 3. The van der Waals surface area contributed by atoms with E-state index in [9.17, 15) is 13.2 Å². The van der Waals surface area contributed by atoms with E-state index in [0.717, 1.165) is 23.4 Å². The van der Waals surface area contributed by atoms with Crippen LogP contribution in [0.4, 0.5) is 13.2 Å². The van der Waals surface area contributed by atoms with Crippen LogP contribution in [0.15, 0.2) is 36.8 Å². The molecule has 1 aromatic heterocycles. The SMILES string of the molecule is CNCc1cncn1Cc1ccc(C(F)(F)F)cc1.